The molecule has 2 N–H and O–H groups in total. The molecule has 84 valence electrons. The van der Waals surface area contributed by atoms with Crippen LogP contribution in [-0.4, -0.2) is 16.3 Å². The third-order valence-corrected chi connectivity index (χ3v) is 2.58. The second kappa shape index (κ2) is 4.45. The highest BCUT2D eigenvalue weighted by Crippen LogP contribution is 2.23. The summed E-state index contributed by atoms with van der Waals surface area (Å²) in [6.07, 6.45) is 1.75. The number of halogens is 1. The fraction of sp³-hybridized carbons (Fsp3) is 0.250. The molecule has 2 aromatic rings. The monoisotopic (exact) mass is 219 g/mol. The van der Waals surface area contributed by atoms with Gasteiger partial charge in [-0.05, 0) is 24.6 Å². The van der Waals surface area contributed by atoms with E-state index in [0.29, 0.717) is 13.1 Å². The normalized spacial score (nSPS) is 10.7. The van der Waals surface area contributed by atoms with Gasteiger partial charge in [0.05, 0.1) is 12.7 Å². The molecule has 0 fully saturated rings. The Morgan fingerprint density at radius 1 is 1.44 bits per heavy atom. The van der Waals surface area contributed by atoms with E-state index in [0.717, 1.165) is 16.8 Å². The van der Waals surface area contributed by atoms with Crippen molar-refractivity contribution in [2.24, 2.45) is 5.73 Å². The van der Waals surface area contributed by atoms with Gasteiger partial charge in [0.2, 0.25) is 0 Å². The molecule has 2 rings (SSSR count). The summed E-state index contributed by atoms with van der Waals surface area (Å²) in [7, 11) is 0. The van der Waals surface area contributed by atoms with Crippen LogP contribution in [0.25, 0.3) is 11.1 Å². The fourth-order valence-corrected chi connectivity index (χ4v) is 1.73. The predicted octanol–water partition coefficient (Wildman–Crippen LogP) is 1.96. The van der Waals surface area contributed by atoms with Crippen LogP contribution in [0.15, 0.2) is 30.5 Å². The zero-order chi connectivity index (χ0) is 11.5. The number of nitrogens with two attached hydrogens (primary N) is 1. The van der Waals surface area contributed by atoms with Gasteiger partial charge in [0.15, 0.2) is 0 Å². The zero-order valence-electron chi connectivity index (χ0n) is 9.15. The van der Waals surface area contributed by atoms with Crippen LogP contribution in [0.5, 0.6) is 0 Å². The highest BCUT2D eigenvalue weighted by molar-refractivity contribution is 5.65. The van der Waals surface area contributed by atoms with E-state index in [1.165, 1.54) is 12.1 Å². The van der Waals surface area contributed by atoms with Gasteiger partial charge in [-0.25, -0.2) is 4.39 Å². The lowest BCUT2D eigenvalue weighted by molar-refractivity contribution is 0.608. The maximum Gasteiger partial charge on any atom is 0.123 e. The second-order valence-electron chi connectivity index (χ2n) is 3.67. The number of rotatable bonds is 3. The van der Waals surface area contributed by atoms with Gasteiger partial charge < -0.3 is 5.73 Å². The topological polar surface area (TPSA) is 43.8 Å². The molecule has 0 saturated carbocycles. The zero-order valence-corrected chi connectivity index (χ0v) is 9.15. The van der Waals surface area contributed by atoms with Crippen molar-refractivity contribution in [3.8, 4) is 11.1 Å². The van der Waals surface area contributed by atoms with Crippen molar-refractivity contribution in [3.05, 3.63) is 42.0 Å². The van der Waals surface area contributed by atoms with Crippen LogP contribution in [0.2, 0.25) is 0 Å². The lowest BCUT2D eigenvalue weighted by Gasteiger charge is -2.03. The van der Waals surface area contributed by atoms with Gasteiger partial charge in [0, 0.05) is 17.8 Å². The quantitative estimate of drug-likeness (QED) is 0.857. The Morgan fingerprint density at radius 2 is 2.25 bits per heavy atom. The second-order valence-corrected chi connectivity index (χ2v) is 3.67. The molecule has 0 saturated heterocycles. The number of aromatic nitrogens is 2. The molecule has 0 aliphatic carbocycles. The molecule has 1 aromatic carbocycles. The summed E-state index contributed by atoms with van der Waals surface area (Å²) in [6, 6.07) is 6.52. The molecule has 0 spiro atoms. The van der Waals surface area contributed by atoms with Crippen molar-refractivity contribution in [2.45, 2.75) is 13.5 Å². The Morgan fingerprint density at radius 3 is 2.94 bits per heavy atom. The minimum Gasteiger partial charge on any atom is -0.329 e. The molecule has 0 aliphatic rings. The van der Waals surface area contributed by atoms with Crippen LogP contribution in [-0.2, 0) is 6.54 Å². The van der Waals surface area contributed by atoms with E-state index in [9.17, 15) is 4.39 Å². The molecule has 3 nitrogen and oxygen atoms in total. The molecule has 0 radical (unpaired) electrons. The van der Waals surface area contributed by atoms with Crippen LogP contribution >= 0.6 is 0 Å². The summed E-state index contributed by atoms with van der Waals surface area (Å²) in [6.45, 7) is 3.19. The summed E-state index contributed by atoms with van der Waals surface area (Å²) in [4.78, 5) is 0. The van der Waals surface area contributed by atoms with Gasteiger partial charge in [-0.3, -0.25) is 4.68 Å². The van der Waals surface area contributed by atoms with Gasteiger partial charge in [-0.1, -0.05) is 12.1 Å². The highest BCUT2D eigenvalue weighted by Gasteiger charge is 2.08. The number of nitrogens with zero attached hydrogens (tertiary/aromatic N) is 2. The SMILES string of the molecule is Cc1c(-c2cccc(F)c2)cnn1CCN. The minimum atomic E-state index is -0.233. The number of hydrogen-bond acceptors (Lipinski definition) is 2. The van der Waals surface area contributed by atoms with Crippen LogP contribution in [0.3, 0.4) is 0 Å². The Kier molecular flexibility index (Phi) is 3.01. The van der Waals surface area contributed by atoms with Gasteiger partial charge in [-0.2, -0.15) is 5.10 Å². The predicted molar refractivity (Wildman–Crippen MR) is 61.4 cm³/mol. The summed E-state index contributed by atoms with van der Waals surface area (Å²) in [5, 5.41) is 4.23. The van der Waals surface area contributed by atoms with Gasteiger partial charge >= 0.3 is 0 Å². The minimum absolute atomic E-state index is 0.233. The Hall–Kier alpha value is -1.68. The lowest BCUT2D eigenvalue weighted by Crippen LogP contribution is -2.12. The summed E-state index contributed by atoms with van der Waals surface area (Å²) in [5.74, 6) is -0.233. The molecule has 0 aliphatic heterocycles. The largest absolute Gasteiger partial charge is 0.329 e. The van der Waals surface area contributed by atoms with Crippen molar-refractivity contribution in [1.82, 2.24) is 9.78 Å². The van der Waals surface area contributed by atoms with Crippen molar-refractivity contribution >= 4 is 0 Å². The maximum atomic E-state index is 13.1. The summed E-state index contributed by atoms with van der Waals surface area (Å²) in [5.41, 5.74) is 8.29. The first-order chi connectivity index (χ1) is 7.72. The third kappa shape index (κ3) is 1.97. The molecule has 0 atom stereocenters. The Balaban J connectivity index is 2.41. The average molecular weight is 219 g/mol. The number of benzene rings is 1. The van der Waals surface area contributed by atoms with Crippen molar-refractivity contribution in [2.75, 3.05) is 6.54 Å². The lowest BCUT2D eigenvalue weighted by atomic mass is 10.1. The van der Waals surface area contributed by atoms with E-state index in [4.69, 9.17) is 5.73 Å². The van der Waals surface area contributed by atoms with Crippen LogP contribution in [0.1, 0.15) is 5.69 Å². The van der Waals surface area contributed by atoms with E-state index >= 15 is 0 Å². The van der Waals surface area contributed by atoms with Crippen LogP contribution in [0.4, 0.5) is 4.39 Å². The third-order valence-electron chi connectivity index (χ3n) is 2.58. The van der Waals surface area contributed by atoms with Gasteiger partial charge in [0.25, 0.3) is 0 Å². The summed E-state index contributed by atoms with van der Waals surface area (Å²) >= 11 is 0. The standard InChI is InChI=1S/C12H14FN3/c1-9-12(8-15-16(9)6-5-14)10-3-2-4-11(13)7-10/h2-4,7-8H,5-6,14H2,1H3. The summed E-state index contributed by atoms with van der Waals surface area (Å²) < 4.78 is 14.9. The van der Waals surface area contributed by atoms with Crippen molar-refractivity contribution < 1.29 is 4.39 Å². The molecule has 16 heavy (non-hydrogen) atoms. The molecule has 0 amide bonds. The molecular formula is C12H14FN3. The van der Waals surface area contributed by atoms with Crippen LogP contribution in [0, 0.1) is 12.7 Å². The molecule has 1 aromatic heterocycles. The molecule has 0 unspecified atom stereocenters. The molecule has 4 heteroatoms. The molecule has 0 bridgehead atoms. The highest BCUT2D eigenvalue weighted by atomic mass is 19.1. The fourth-order valence-electron chi connectivity index (χ4n) is 1.73. The molecule has 1 heterocycles. The first kappa shape index (κ1) is 10.8. The van der Waals surface area contributed by atoms with Crippen molar-refractivity contribution in [3.63, 3.8) is 0 Å². The van der Waals surface area contributed by atoms with E-state index in [-0.39, 0.29) is 5.82 Å². The van der Waals surface area contributed by atoms with E-state index in [1.54, 1.807) is 12.3 Å². The number of hydrogen-bond donors (Lipinski definition) is 1. The average Bonchev–Trinajstić information content (AvgIpc) is 2.61. The van der Waals surface area contributed by atoms with Crippen LogP contribution < -0.4 is 5.73 Å². The Bertz CT molecular complexity index is 491. The van der Waals surface area contributed by atoms with E-state index in [2.05, 4.69) is 5.10 Å². The smallest absolute Gasteiger partial charge is 0.123 e. The van der Waals surface area contributed by atoms with E-state index < -0.39 is 0 Å². The first-order valence-electron chi connectivity index (χ1n) is 5.21. The molecular weight excluding hydrogens is 205 g/mol. The first-order valence-corrected chi connectivity index (χ1v) is 5.21. The van der Waals surface area contributed by atoms with Crippen molar-refractivity contribution in [1.29, 1.82) is 0 Å². The van der Waals surface area contributed by atoms with Gasteiger partial charge in [0.1, 0.15) is 5.82 Å². The maximum absolute atomic E-state index is 13.1. The van der Waals surface area contributed by atoms with E-state index in [1.807, 2.05) is 17.7 Å². The van der Waals surface area contributed by atoms with Gasteiger partial charge in [-0.15, -0.1) is 0 Å². The Labute approximate surface area is 93.7 Å².